The maximum atomic E-state index is 6.52. The summed E-state index contributed by atoms with van der Waals surface area (Å²) in [4.78, 5) is 0. The molecule has 4 N–H and O–H groups in total. The molecule has 48 heavy (non-hydrogen) atoms. The standard InChI is InChI=1S/C40H46N4.2C2H6/c1-4-6-7-14-26-39(43-40(41)32-20-11-9-12-21-32)42-30(3)18-17-23-34(5-2)44-37-25-16-15-24-35(37)36-29-33-22-13-8-10-19-31(33)27-28-38(36)44;2*1-2/h4-12,14-17,20-21,23-28,30,39-40,42-43H,1,13,18-19,22,29,41H2,2-3H3;2*1-2H3/b7-6-,23-17-,26-14+,34-5+;;. The molecule has 3 aromatic rings. The quantitative estimate of drug-likeness (QED) is 0.105. The van der Waals surface area contributed by atoms with E-state index in [0.717, 1.165) is 37.7 Å². The minimum Gasteiger partial charge on any atom is -0.312 e. The fourth-order valence-electron chi connectivity index (χ4n) is 6.13. The number of hydrogen-bond donors (Lipinski definition) is 3. The van der Waals surface area contributed by atoms with Gasteiger partial charge in [-0.05, 0) is 80.9 Å². The fourth-order valence-corrected chi connectivity index (χ4v) is 6.13. The van der Waals surface area contributed by atoms with Gasteiger partial charge in [-0.15, -0.1) is 0 Å². The molecule has 0 bridgehead atoms. The number of aromatic nitrogens is 1. The Balaban J connectivity index is 0.00000151. The van der Waals surface area contributed by atoms with Crippen molar-refractivity contribution in [2.45, 2.75) is 92.0 Å². The Morgan fingerprint density at radius 1 is 0.938 bits per heavy atom. The molecule has 4 heteroatoms. The summed E-state index contributed by atoms with van der Waals surface area (Å²) in [6.07, 6.45) is 30.7. The molecule has 3 unspecified atom stereocenters. The molecule has 0 aliphatic heterocycles. The van der Waals surface area contributed by atoms with Crippen molar-refractivity contribution in [3.63, 3.8) is 0 Å². The van der Waals surface area contributed by atoms with Crippen molar-refractivity contribution in [1.29, 1.82) is 0 Å². The number of benzene rings is 2. The number of para-hydroxylation sites is 1. The Kier molecular flexibility index (Phi) is 16.6. The SMILES string of the molecule is C=C/C=C\C=C\C(NC(C)C/C=C\C(=C/C)n1c2c(c3ccccc31)CC1=C(C=C2)CC=CCC1)NC(N)c1ccccc1.CC.CC. The third-order valence-corrected chi connectivity index (χ3v) is 8.40. The molecule has 0 radical (unpaired) electrons. The highest BCUT2D eigenvalue weighted by Gasteiger charge is 2.21. The molecular formula is C44H58N4. The first kappa shape index (κ1) is 38.2. The summed E-state index contributed by atoms with van der Waals surface area (Å²) >= 11 is 0. The van der Waals surface area contributed by atoms with Crippen molar-refractivity contribution in [2.24, 2.45) is 5.73 Å². The van der Waals surface area contributed by atoms with Gasteiger partial charge in [-0.1, -0.05) is 149 Å². The molecule has 0 amide bonds. The van der Waals surface area contributed by atoms with E-state index in [1.807, 2.05) is 76.3 Å². The van der Waals surface area contributed by atoms with Crippen LogP contribution in [-0.2, 0) is 6.42 Å². The number of hydrogen-bond acceptors (Lipinski definition) is 3. The number of nitrogens with two attached hydrogens (primary N) is 1. The van der Waals surface area contributed by atoms with Gasteiger partial charge in [0.05, 0.1) is 23.5 Å². The lowest BCUT2D eigenvalue weighted by Gasteiger charge is -2.25. The molecule has 0 saturated heterocycles. The lowest BCUT2D eigenvalue weighted by Crippen LogP contribution is -2.48. The number of nitrogens with one attached hydrogen (secondary N) is 2. The van der Waals surface area contributed by atoms with Gasteiger partial charge in [-0.25, -0.2) is 0 Å². The van der Waals surface area contributed by atoms with Crippen LogP contribution in [0.1, 0.15) is 90.2 Å². The van der Waals surface area contributed by atoms with Gasteiger partial charge in [0, 0.05) is 17.1 Å². The van der Waals surface area contributed by atoms with Crippen molar-refractivity contribution in [1.82, 2.24) is 15.2 Å². The molecule has 0 spiro atoms. The molecule has 4 nitrogen and oxygen atoms in total. The first-order valence-electron chi connectivity index (χ1n) is 17.9. The van der Waals surface area contributed by atoms with E-state index in [-0.39, 0.29) is 18.4 Å². The molecule has 0 fully saturated rings. The van der Waals surface area contributed by atoms with Crippen LogP contribution < -0.4 is 16.4 Å². The molecule has 3 atom stereocenters. The Morgan fingerprint density at radius 3 is 2.44 bits per heavy atom. The van der Waals surface area contributed by atoms with Gasteiger partial charge in [0.15, 0.2) is 0 Å². The second kappa shape index (κ2) is 20.9. The minimum atomic E-state index is -0.287. The van der Waals surface area contributed by atoms with E-state index in [0.29, 0.717) is 0 Å². The smallest absolute Gasteiger partial charge is 0.0824 e. The zero-order valence-electron chi connectivity index (χ0n) is 30.1. The third-order valence-electron chi connectivity index (χ3n) is 8.40. The van der Waals surface area contributed by atoms with Gasteiger partial charge in [0.1, 0.15) is 0 Å². The predicted molar refractivity (Wildman–Crippen MR) is 212 cm³/mol. The summed E-state index contributed by atoms with van der Waals surface area (Å²) in [5, 5.41) is 8.58. The van der Waals surface area contributed by atoms with Crippen LogP contribution >= 0.6 is 0 Å². The maximum absolute atomic E-state index is 6.52. The van der Waals surface area contributed by atoms with Gasteiger partial charge in [0.2, 0.25) is 0 Å². The highest BCUT2D eigenvalue weighted by atomic mass is 15.2. The van der Waals surface area contributed by atoms with E-state index in [1.54, 1.807) is 11.6 Å². The molecule has 254 valence electrons. The highest BCUT2D eigenvalue weighted by molar-refractivity contribution is 5.93. The summed E-state index contributed by atoms with van der Waals surface area (Å²) in [5.41, 5.74) is 15.8. The Hall–Kier alpha value is -4.22. The lowest BCUT2D eigenvalue weighted by atomic mass is 9.96. The Labute approximate surface area is 290 Å². The van der Waals surface area contributed by atoms with Crippen LogP contribution in [-0.4, -0.2) is 16.8 Å². The molecule has 2 aromatic carbocycles. The summed E-state index contributed by atoms with van der Waals surface area (Å²) in [6.45, 7) is 16.1. The van der Waals surface area contributed by atoms with E-state index in [1.165, 1.54) is 33.4 Å². The van der Waals surface area contributed by atoms with Crippen molar-refractivity contribution < 1.29 is 0 Å². The van der Waals surface area contributed by atoms with Crippen LogP contribution in [0.4, 0.5) is 0 Å². The van der Waals surface area contributed by atoms with Crippen molar-refractivity contribution in [3.8, 4) is 0 Å². The molecule has 0 saturated carbocycles. The molecular weight excluding hydrogens is 585 g/mol. The van der Waals surface area contributed by atoms with Crippen LogP contribution in [0.15, 0.2) is 139 Å². The lowest BCUT2D eigenvalue weighted by molar-refractivity contribution is 0.395. The predicted octanol–water partition coefficient (Wildman–Crippen LogP) is 11.0. The van der Waals surface area contributed by atoms with Gasteiger partial charge in [-0.3, -0.25) is 10.6 Å². The first-order chi connectivity index (χ1) is 23.6. The van der Waals surface area contributed by atoms with Crippen LogP contribution in [0.5, 0.6) is 0 Å². The van der Waals surface area contributed by atoms with Crippen LogP contribution in [0, 0.1) is 0 Å². The Bertz CT molecular complexity index is 1640. The summed E-state index contributed by atoms with van der Waals surface area (Å²) in [5.74, 6) is 0. The number of nitrogens with zero attached hydrogens (tertiary/aromatic N) is 1. The van der Waals surface area contributed by atoms with Gasteiger partial charge in [-0.2, -0.15) is 0 Å². The molecule has 1 aromatic heterocycles. The van der Waals surface area contributed by atoms with Crippen LogP contribution in [0.2, 0.25) is 0 Å². The number of rotatable bonds is 12. The Morgan fingerprint density at radius 2 is 1.69 bits per heavy atom. The van der Waals surface area contributed by atoms with Gasteiger partial charge >= 0.3 is 0 Å². The van der Waals surface area contributed by atoms with Gasteiger partial charge < -0.3 is 10.3 Å². The van der Waals surface area contributed by atoms with Crippen molar-refractivity contribution >= 4 is 22.7 Å². The number of allylic oxidation sites excluding steroid dienone is 12. The average molecular weight is 643 g/mol. The normalized spacial score (nSPS) is 16.4. The second-order valence-corrected chi connectivity index (χ2v) is 11.5. The molecule has 2 aliphatic rings. The summed E-state index contributed by atoms with van der Waals surface area (Å²) < 4.78 is 2.44. The summed E-state index contributed by atoms with van der Waals surface area (Å²) in [6, 6.07) is 19.2. The topological polar surface area (TPSA) is 55.0 Å². The van der Waals surface area contributed by atoms with Crippen molar-refractivity contribution in [3.05, 3.63) is 156 Å². The van der Waals surface area contributed by atoms with Crippen LogP contribution in [0.25, 0.3) is 22.7 Å². The largest absolute Gasteiger partial charge is 0.312 e. The zero-order valence-corrected chi connectivity index (χ0v) is 30.1. The summed E-state index contributed by atoms with van der Waals surface area (Å²) in [7, 11) is 0. The highest BCUT2D eigenvalue weighted by Crippen LogP contribution is 2.37. The van der Waals surface area contributed by atoms with Gasteiger partial charge in [0.25, 0.3) is 0 Å². The first-order valence-corrected chi connectivity index (χ1v) is 17.9. The molecule has 5 rings (SSSR count). The van der Waals surface area contributed by atoms with Crippen LogP contribution in [0.3, 0.4) is 0 Å². The van der Waals surface area contributed by atoms with E-state index >= 15 is 0 Å². The minimum absolute atomic E-state index is 0.101. The molecule has 2 aliphatic carbocycles. The van der Waals surface area contributed by atoms with E-state index in [2.05, 4.69) is 109 Å². The third kappa shape index (κ3) is 10.4. The van der Waals surface area contributed by atoms with E-state index < -0.39 is 0 Å². The maximum Gasteiger partial charge on any atom is 0.0824 e. The average Bonchev–Trinajstić information content (AvgIpc) is 3.25. The van der Waals surface area contributed by atoms with Crippen molar-refractivity contribution in [2.75, 3.05) is 0 Å². The second-order valence-electron chi connectivity index (χ2n) is 11.5. The zero-order chi connectivity index (χ0) is 34.7. The fraction of sp³-hybridized carbons (Fsp3) is 0.318. The van der Waals surface area contributed by atoms with E-state index in [9.17, 15) is 0 Å². The van der Waals surface area contributed by atoms with E-state index in [4.69, 9.17) is 5.73 Å². The monoisotopic (exact) mass is 642 g/mol. The molecule has 1 heterocycles. The number of fused-ring (bicyclic) bond motifs is 3.